The number of para-hydroxylation sites is 1. The lowest BCUT2D eigenvalue weighted by Crippen LogP contribution is -2.18. The maximum Gasteiger partial charge on any atom is 0.272 e. The number of hydrogen-bond donors (Lipinski definition) is 3. The van der Waals surface area contributed by atoms with E-state index in [1.807, 2.05) is 0 Å². The van der Waals surface area contributed by atoms with E-state index in [-0.39, 0.29) is 27.0 Å². The van der Waals surface area contributed by atoms with E-state index < -0.39 is 50.2 Å². The molecular weight excluding hydrogens is 497 g/mol. The van der Waals surface area contributed by atoms with Gasteiger partial charge in [-0.25, -0.2) is 26.6 Å². The third-order valence-electron chi connectivity index (χ3n) is 5.73. The molecule has 13 heteroatoms. The van der Waals surface area contributed by atoms with Crippen molar-refractivity contribution >= 4 is 43.6 Å². The van der Waals surface area contributed by atoms with Crippen LogP contribution in [-0.4, -0.2) is 41.1 Å². The van der Waals surface area contributed by atoms with Crippen molar-refractivity contribution in [1.29, 1.82) is 0 Å². The Kier molecular flexibility index (Phi) is 5.43. The monoisotopic (exact) mass is 514 g/mol. The largest absolute Gasteiger partial charge is 0.354 e. The molecule has 0 aliphatic heterocycles. The maximum atomic E-state index is 15.5. The first kappa shape index (κ1) is 23.4. The minimum atomic E-state index is -4.36. The van der Waals surface area contributed by atoms with Crippen molar-refractivity contribution in [3.8, 4) is 11.1 Å². The summed E-state index contributed by atoms with van der Waals surface area (Å²) in [6.45, 7) is 0. The first-order valence-electron chi connectivity index (χ1n) is 10.4. The number of nitrogens with zero attached hydrogens (tertiary/aromatic N) is 3. The number of aryl methyl sites for hydroxylation is 1. The summed E-state index contributed by atoms with van der Waals surface area (Å²) < 4.78 is 75.5. The number of carbonyl (C=O) groups excluding carboxylic acids is 1. The van der Waals surface area contributed by atoms with Crippen LogP contribution in [0.25, 0.3) is 33.1 Å². The number of hydrogen-bond acceptors (Lipinski definition) is 5. The van der Waals surface area contributed by atoms with Gasteiger partial charge in [0.1, 0.15) is 21.7 Å². The molecule has 0 aliphatic carbocycles. The van der Waals surface area contributed by atoms with Crippen LogP contribution in [0.2, 0.25) is 0 Å². The zero-order valence-electron chi connectivity index (χ0n) is 18.7. The van der Waals surface area contributed by atoms with E-state index in [0.717, 1.165) is 18.2 Å². The number of nitrogens with one attached hydrogen (secondary N) is 3. The molecule has 1 amide bonds. The Morgan fingerprint density at radius 1 is 1.06 bits per heavy atom. The van der Waals surface area contributed by atoms with Gasteiger partial charge in [-0.15, -0.1) is 0 Å². The predicted octanol–water partition coefficient (Wildman–Crippen LogP) is 3.69. The van der Waals surface area contributed by atoms with E-state index in [0.29, 0.717) is 5.52 Å². The van der Waals surface area contributed by atoms with Gasteiger partial charge in [0, 0.05) is 25.0 Å². The minimum absolute atomic E-state index is 0.0934. The van der Waals surface area contributed by atoms with Gasteiger partial charge in [0.05, 0.1) is 23.1 Å². The molecule has 0 aliphatic rings. The smallest absolute Gasteiger partial charge is 0.272 e. The van der Waals surface area contributed by atoms with Crippen LogP contribution in [0.15, 0.2) is 53.7 Å². The lowest BCUT2D eigenvalue weighted by atomic mass is 10.0. The molecule has 0 unspecified atom stereocenters. The molecule has 2 heterocycles. The van der Waals surface area contributed by atoms with Gasteiger partial charge in [-0.2, -0.15) is 5.10 Å². The highest BCUT2D eigenvalue weighted by atomic mass is 32.2. The summed E-state index contributed by atoms with van der Waals surface area (Å²) in [6.07, 6.45) is 1.43. The van der Waals surface area contributed by atoms with E-state index >= 15 is 8.78 Å². The molecule has 3 N–H and O–H groups in total. The van der Waals surface area contributed by atoms with Crippen molar-refractivity contribution in [2.24, 2.45) is 7.05 Å². The van der Waals surface area contributed by atoms with Crippen LogP contribution in [0.4, 0.5) is 18.9 Å². The van der Waals surface area contributed by atoms with Crippen molar-refractivity contribution in [3.05, 3.63) is 71.9 Å². The fourth-order valence-electron chi connectivity index (χ4n) is 3.97. The standard InChI is InChI=1S/C23H17F3N6O3S/c1-27-23(33)21-12-7-6-11(18(25)20(12)29-30-21)17-13(24)8-9-14(19(17)26)31-36(34,35)16-5-3-4-15-22(16)28-10-32(15)2/h3-10,31H,1-2H3,(H,27,33)(H,29,30). The Bertz CT molecular complexity index is 1800. The molecule has 5 rings (SSSR count). The summed E-state index contributed by atoms with van der Waals surface area (Å²) in [5, 5.41) is 8.60. The predicted molar refractivity (Wildman–Crippen MR) is 126 cm³/mol. The number of amides is 1. The maximum absolute atomic E-state index is 15.5. The molecule has 0 bridgehead atoms. The van der Waals surface area contributed by atoms with Gasteiger partial charge in [0.15, 0.2) is 17.3 Å². The average Bonchev–Trinajstić information content (AvgIpc) is 3.46. The summed E-state index contributed by atoms with van der Waals surface area (Å²) >= 11 is 0. The van der Waals surface area contributed by atoms with Gasteiger partial charge in [-0.1, -0.05) is 12.1 Å². The van der Waals surface area contributed by atoms with Crippen LogP contribution in [0.3, 0.4) is 0 Å². The van der Waals surface area contributed by atoms with E-state index in [2.05, 4.69) is 25.2 Å². The zero-order chi connectivity index (χ0) is 25.8. The summed E-state index contributed by atoms with van der Waals surface area (Å²) in [5.74, 6) is -4.08. The molecule has 2 aromatic heterocycles. The topological polar surface area (TPSA) is 122 Å². The summed E-state index contributed by atoms with van der Waals surface area (Å²) in [7, 11) is -1.30. The lowest BCUT2D eigenvalue weighted by Gasteiger charge is -2.13. The Balaban J connectivity index is 1.61. The van der Waals surface area contributed by atoms with Crippen LogP contribution in [0.1, 0.15) is 10.5 Å². The fourth-order valence-corrected chi connectivity index (χ4v) is 5.19. The van der Waals surface area contributed by atoms with E-state index in [4.69, 9.17) is 0 Å². The number of benzene rings is 3. The SMILES string of the molecule is CNC(=O)c1n[nH]c2c(F)c(-c3c(F)ccc(NS(=O)(=O)c4cccc5c4ncn5C)c3F)ccc12. The Labute approximate surface area is 202 Å². The lowest BCUT2D eigenvalue weighted by molar-refractivity contribution is 0.0959. The molecule has 0 saturated carbocycles. The van der Waals surface area contributed by atoms with Crippen LogP contribution in [0, 0.1) is 17.5 Å². The highest BCUT2D eigenvalue weighted by Crippen LogP contribution is 2.36. The second-order valence-corrected chi connectivity index (χ2v) is 9.52. The van der Waals surface area contributed by atoms with Crippen LogP contribution in [-0.2, 0) is 17.1 Å². The van der Waals surface area contributed by atoms with Gasteiger partial charge in [0.2, 0.25) is 0 Å². The molecule has 36 heavy (non-hydrogen) atoms. The number of sulfonamides is 1. The molecule has 0 fully saturated rings. The number of aromatic nitrogens is 4. The second-order valence-electron chi connectivity index (χ2n) is 7.87. The zero-order valence-corrected chi connectivity index (χ0v) is 19.5. The van der Waals surface area contributed by atoms with Gasteiger partial charge >= 0.3 is 0 Å². The number of imidazole rings is 1. The van der Waals surface area contributed by atoms with Crippen LogP contribution in [0.5, 0.6) is 0 Å². The fraction of sp³-hybridized carbons (Fsp3) is 0.0870. The van der Waals surface area contributed by atoms with Crippen molar-refractivity contribution in [2.75, 3.05) is 11.8 Å². The van der Waals surface area contributed by atoms with Gasteiger partial charge in [0.25, 0.3) is 15.9 Å². The number of aromatic amines is 1. The first-order chi connectivity index (χ1) is 17.1. The van der Waals surface area contributed by atoms with E-state index in [1.54, 1.807) is 17.7 Å². The highest BCUT2D eigenvalue weighted by molar-refractivity contribution is 7.93. The molecule has 184 valence electrons. The van der Waals surface area contributed by atoms with Crippen molar-refractivity contribution in [3.63, 3.8) is 0 Å². The Hall–Kier alpha value is -4.39. The minimum Gasteiger partial charge on any atom is -0.354 e. The van der Waals surface area contributed by atoms with Crippen LogP contribution < -0.4 is 10.0 Å². The Morgan fingerprint density at radius 2 is 1.83 bits per heavy atom. The van der Waals surface area contributed by atoms with Crippen molar-refractivity contribution in [2.45, 2.75) is 4.90 Å². The molecule has 3 aromatic carbocycles. The second kappa shape index (κ2) is 8.37. The molecule has 5 aromatic rings. The summed E-state index contributed by atoms with van der Waals surface area (Å²) in [6, 6.07) is 8.59. The highest BCUT2D eigenvalue weighted by Gasteiger charge is 2.26. The number of fused-ring (bicyclic) bond motifs is 2. The number of H-pyrrole nitrogens is 1. The van der Waals surface area contributed by atoms with Gasteiger partial charge in [-0.05, 0) is 30.3 Å². The van der Waals surface area contributed by atoms with Crippen molar-refractivity contribution in [1.82, 2.24) is 25.1 Å². The summed E-state index contributed by atoms with van der Waals surface area (Å²) in [4.78, 5) is 15.8. The van der Waals surface area contributed by atoms with Crippen molar-refractivity contribution < 1.29 is 26.4 Å². The van der Waals surface area contributed by atoms with E-state index in [9.17, 15) is 17.6 Å². The molecular formula is C23H17F3N6O3S. The molecule has 0 radical (unpaired) electrons. The number of anilines is 1. The molecule has 0 spiro atoms. The number of carbonyl (C=O) groups is 1. The third kappa shape index (κ3) is 3.55. The third-order valence-corrected chi connectivity index (χ3v) is 7.13. The van der Waals surface area contributed by atoms with E-state index in [1.165, 1.54) is 31.6 Å². The molecule has 0 saturated heterocycles. The molecule has 0 atom stereocenters. The quantitative estimate of drug-likeness (QED) is 0.330. The van der Waals surface area contributed by atoms with Gasteiger partial charge < -0.3 is 9.88 Å². The molecule has 9 nitrogen and oxygen atoms in total. The van der Waals surface area contributed by atoms with Crippen LogP contribution >= 0.6 is 0 Å². The first-order valence-corrected chi connectivity index (χ1v) is 11.9. The summed E-state index contributed by atoms with van der Waals surface area (Å²) in [5.41, 5.74) is -1.50. The number of halogens is 3. The average molecular weight is 514 g/mol. The Morgan fingerprint density at radius 3 is 2.58 bits per heavy atom. The normalized spacial score (nSPS) is 11.8. The number of rotatable bonds is 5. The van der Waals surface area contributed by atoms with Gasteiger partial charge in [-0.3, -0.25) is 14.6 Å².